The van der Waals surface area contributed by atoms with Crippen LogP contribution in [0.15, 0.2) is 23.8 Å². The van der Waals surface area contributed by atoms with Gasteiger partial charge in [0, 0.05) is 23.2 Å². The highest BCUT2D eigenvalue weighted by Crippen LogP contribution is 2.69. The Morgan fingerprint density at radius 3 is 2.70 bits per heavy atom. The van der Waals surface area contributed by atoms with Crippen molar-refractivity contribution < 1.29 is 19.1 Å². The predicted molar refractivity (Wildman–Crippen MR) is 102 cm³/mol. The van der Waals surface area contributed by atoms with E-state index in [2.05, 4.69) is 13.8 Å². The SMILES string of the molecule is CCC(=O)[C@@]1(C)CC[C@H]2[C@@H]3C[C@H](F)C4=CC(=O)C=C[C@]4(C)[C@H]3[C@@H](O)C[C@@]21C. The Bertz CT molecular complexity index is 755. The molecule has 0 aromatic rings. The quantitative estimate of drug-likeness (QED) is 0.788. The van der Waals surface area contributed by atoms with Gasteiger partial charge in [0.25, 0.3) is 0 Å². The molecule has 0 amide bonds. The number of hydrogen-bond donors (Lipinski definition) is 1. The first-order chi connectivity index (χ1) is 12.6. The van der Waals surface area contributed by atoms with E-state index < -0.39 is 23.1 Å². The van der Waals surface area contributed by atoms with Crippen molar-refractivity contribution in [3.8, 4) is 0 Å². The minimum absolute atomic E-state index is 0.0280. The molecule has 0 saturated heterocycles. The Morgan fingerprint density at radius 1 is 1.33 bits per heavy atom. The first-order valence-corrected chi connectivity index (χ1v) is 10.4. The predicted octanol–water partition coefficient (Wildman–Crippen LogP) is 4.20. The fourth-order valence-corrected chi connectivity index (χ4v) is 7.43. The van der Waals surface area contributed by atoms with Gasteiger partial charge in [0.15, 0.2) is 5.78 Å². The molecule has 0 aromatic carbocycles. The smallest absolute Gasteiger partial charge is 0.178 e. The zero-order valence-corrected chi connectivity index (χ0v) is 16.8. The van der Waals surface area contributed by atoms with Gasteiger partial charge in [-0.2, -0.15) is 0 Å². The highest BCUT2D eigenvalue weighted by molar-refractivity contribution is 6.01. The number of fused-ring (bicyclic) bond motifs is 5. The molecule has 148 valence electrons. The van der Waals surface area contributed by atoms with E-state index >= 15 is 4.39 Å². The Kier molecular flexibility index (Phi) is 4.13. The molecule has 4 aliphatic rings. The molecule has 4 aliphatic carbocycles. The Morgan fingerprint density at radius 2 is 2.04 bits per heavy atom. The van der Waals surface area contributed by atoms with Crippen molar-refractivity contribution in [3.05, 3.63) is 23.8 Å². The number of carbonyl (C=O) groups excluding carboxylic acids is 2. The normalized spacial score (nSPS) is 51.3. The lowest BCUT2D eigenvalue weighted by Gasteiger charge is -2.60. The van der Waals surface area contributed by atoms with Crippen molar-refractivity contribution >= 4 is 11.6 Å². The summed E-state index contributed by atoms with van der Waals surface area (Å²) in [5.41, 5.74) is -0.833. The fourth-order valence-electron chi connectivity index (χ4n) is 7.43. The van der Waals surface area contributed by atoms with Crippen LogP contribution in [0, 0.1) is 34.0 Å². The van der Waals surface area contributed by atoms with Crippen molar-refractivity contribution in [1.29, 1.82) is 0 Å². The molecule has 0 spiro atoms. The lowest BCUT2D eigenvalue weighted by atomic mass is 9.44. The highest BCUT2D eigenvalue weighted by Gasteiger charge is 2.67. The highest BCUT2D eigenvalue weighted by atomic mass is 19.1. The molecule has 27 heavy (non-hydrogen) atoms. The van der Waals surface area contributed by atoms with Gasteiger partial charge in [-0.1, -0.05) is 33.8 Å². The second kappa shape index (κ2) is 5.85. The number of alkyl halides is 1. The third kappa shape index (κ3) is 2.28. The first-order valence-electron chi connectivity index (χ1n) is 10.4. The molecule has 3 saturated carbocycles. The van der Waals surface area contributed by atoms with Gasteiger partial charge in [-0.3, -0.25) is 9.59 Å². The van der Waals surface area contributed by atoms with E-state index in [-0.39, 0.29) is 34.7 Å². The molecule has 0 unspecified atom stereocenters. The molecule has 0 aliphatic heterocycles. The number of ketones is 2. The molecule has 0 radical (unpaired) electrons. The van der Waals surface area contributed by atoms with Crippen LogP contribution < -0.4 is 0 Å². The summed E-state index contributed by atoms with van der Waals surface area (Å²) >= 11 is 0. The maximum atomic E-state index is 15.2. The van der Waals surface area contributed by atoms with Crippen LogP contribution in [-0.4, -0.2) is 28.9 Å². The van der Waals surface area contributed by atoms with Gasteiger partial charge < -0.3 is 5.11 Å². The summed E-state index contributed by atoms with van der Waals surface area (Å²) in [5.74, 6) is 0.257. The summed E-state index contributed by atoms with van der Waals surface area (Å²) in [5, 5.41) is 11.3. The second-order valence-electron chi connectivity index (χ2n) is 9.95. The van der Waals surface area contributed by atoms with Crippen molar-refractivity contribution in [2.75, 3.05) is 0 Å². The van der Waals surface area contributed by atoms with Crippen LogP contribution in [0.5, 0.6) is 0 Å². The second-order valence-corrected chi connectivity index (χ2v) is 9.95. The molecule has 3 nitrogen and oxygen atoms in total. The number of hydrogen-bond acceptors (Lipinski definition) is 3. The van der Waals surface area contributed by atoms with Gasteiger partial charge in [-0.15, -0.1) is 0 Å². The van der Waals surface area contributed by atoms with E-state index in [0.29, 0.717) is 24.8 Å². The van der Waals surface area contributed by atoms with Crippen LogP contribution in [0.25, 0.3) is 0 Å². The number of aliphatic hydroxyl groups excluding tert-OH is 1. The average molecular weight is 374 g/mol. The maximum Gasteiger partial charge on any atom is 0.178 e. The molecule has 4 heteroatoms. The summed E-state index contributed by atoms with van der Waals surface area (Å²) in [6.07, 6.45) is 6.20. The van der Waals surface area contributed by atoms with Crippen LogP contribution in [0.1, 0.15) is 59.8 Å². The van der Waals surface area contributed by atoms with Crippen LogP contribution in [0.4, 0.5) is 4.39 Å². The Balaban J connectivity index is 1.78. The average Bonchev–Trinajstić information content (AvgIpc) is 2.87. The van der Waals surface area contributed by atoms with Gasteiger partial charge in [-0.05, 0) is 60.7 Å². The minimum atomic E-state index is -1.16. The molecule has 0 heterocycles. The standard InChI is InChI=1S/C23H31FO3/c1-5-19(27)22(3)9-7-15-14-11-17(24)16-10-13(25)6-8-21(16,2)20(14)18(26)12-23(15,22)4/h6,8,10,14-15,17-18,20,26H,5,7,9,11-12H2,1-4H3/t14-,15-,17-,18-,20+,21-,22+,23-/m0/s1. The molecule has 3 fully saturated rings. The van der Waals surface area contributed by atoms with Crippen molar-refractivity contribution in [2.45, 2.75) is 72.1 Å². The Hall–Kier alpha value is -1.29. The van der Waals surface area contributed by atoms with Crippen LogP contribution in [0.2, 0.25) is 0 Å². The summed E-state index contributed by atoms with van der Waals surface area (Å²) in [4.78, 5) is 24.7. The van der Waals surface area contributed by atoms with Crippen molar-refractivity contribution in [3.63, 3.8) is 0 Å². The van der Waals surface area contributed by atoms with Crippen LogP contribution >= 0.6 is 0 Å². The molecule has 1 N–H and O–H groups in total. The van der Waals surface area contributed by atoms with E-state index in [1.54, 1.807) is 0 Å². The third-order valence-corrected chi connectivity index (χ3v) is 9.02. The summed E-state index contributed by atoms with van der Waals surface area (Å²) in [6.45, 7) is 8.10. The molecular formula is C23H31FO3. The van der Waals surface area contributed by atoms with E-state index in [0.717, 1.165) is 12.8 Å². The van der Waals surface area contributed by atoms with Crippen LogP contribution in [0.3, 0.4) is 0 Å². The minimum Gasteiger partial charge on any atom is -0.393 e. The lowest BCUT2D eigenvalue weighted by molar-refractivity contribution is -0.156. The van der Waals surface area contributed by atoms with Gasteiger partial charge in [0.1, 0.15) is 12.0 Å². The fraction of sp³-hybridized carbons (Fsp3) is 0.739. The number of Topliss-reactive ketones (excluding diaryl/α,β-unsaturated/α-hetero) is 1. The zero-order chi connectivity index (χ0) is 19.8. The Labute approximate surface area is 161 Å². The van der Waals surface area contributed by atoms with Gasteiger partial charge >= 0.3 is 0 Å². The van der Waals surface area contributed by atoms with Crippen LogP contribution in [-0.2, 0) is 9.59 Å². The summed E-state index contributed by atoms with van der Waals surface area (Å²) in [7, 11) is 0. The maximum absolute atomic E-state index is 15.2. The van der Waals surface area contributed by atoms with E-state index in [1.807, 2.05) is 19.9 Å². The zero-order valence-electron chi connectivity index (χ0n) is 16.8. The van der Waals surface area contributed by atoms with Gasteiger partial charge in [0.2, 0.25) is 0 Å². The van der Waals surface area contributed by atoms with E-state index in [9.17, 15) is 14.7 Å². The van der Waals surface area contributed by atoms with Crippen molar-refractivity contribution in [1.82, 2.24) is 0 Å². The topological polar surface area (TPSA) is 54.4 Å². The number of rotatable bonds is 2. The number of halogens is 1. The molecule has 0 bridgehead atoms. The van der Waals surface area contributed by atoms with E-state index in [4.69, 9.17) is 0 Å². The van der Waals surface area contributed by atoms with Gasteiger partial charge in [0.05, 0.1) is 6.10 Å². The number of aliphatic hydroxyl groups is 1. The third-order valence-electron chi connectivity index (χ3n) is 9.02. The lowest BCUT2D eigenvalue weighted by Crippen LogP contribution is -2.59. The number of carbonyl (C=O) groups is 2. The molecule has 8 atom stereocenters. The largest absolute Gasteiger partial charge is 0.393 e. The summed E-state index contributed by atoms with van der Waals surface area (Å²) in [6, 6.07) is 0. The molecular weight excluding hydrogens is 343 g/mol. The van der Waals surface area contributed by atoms with Crippen molar-refractivity contribution in [2.24, 2.45) is 34.0 Å². The monoisotopic (exact) mass is 374 g/mol. The number of allylic oxidation sites excluding steroid dienone is 4. The summed E-state index contributed by atoms with van der Waals surface area (Å²) < 4.78 is 15.2. The molecule has 4 rings (SSSR count). The van der Waals surface area contributed by atoms with Gasteiger partial charge in [-0.25, -0.2) is 4.39 Å². The van der Waals surface area contributed by atoms with E-state index in [1.165, 1.54) is 12.2 Å². The molecule has 0 aromatic heterocycles. The first kappa shape index (κ1) is 19.0.